The van der Waals surface area contributed by atoms with Crippen LogP contribution < -0.4 is 11.1 Å². The number of fused-ring (bicyclic) bond motifs is 2. The highest BCUT2D eigenvalue weighted by molar-refractivity contribution is 6.00. The minimum atomic E-state index is -0.427. The Morgan fingerprint density at radius 2 is 1.28 bits per heavy atom. The summed E-state index contributed by atoms with van der Waals surface area (Å²) in [5.74, 6) is 0.325. The standard InChI is InChI=1S/C22H19N3/c23-21(19-11-9-15-5-1-3-7-17(15)13-19)25-22(24)20-12-10-16-6-2-4-8-18(16)14-20/h1-14,21H,23H2,(H2,24,25). The van der Waals surface area contributed by atoms with E-state index >= 15 is 0 Å². The molecule has 0 radical (unpaired) electrons. The summed E-state index contributed by atoms with van der Waals surface area (Å²) in [6.07, 6.45) is -0.427. The number of hydrogen-bond donors (Lipinski definition) is 3. The van der Waals surface area contributed by atoms with Gasteiger partial charge in [-0.15, -0.1) is 0 Å². The Labute approximate surface area is 146 Å². The molecule has 122 valence electrons. The van der Waals surface area contributed by atoms with Crippen LogP contribution in [0.5, 0.6) is 0 Å². The molecule has 1 unspecified atom stereocenters. The lowest BCUT2D eigenvalue weighted by atomic mass is 10.0. The number of nitrogens with two attached hydrogens (primary N) is 1. The molecule has 0 heterocycles. The van der Waals surface area contributed by atoms with Crippen LogP contribution in [0.1, 0.15) is 17.3 Å². The molecule has 0 aliphatic rings. The number of amidine groups is 1. The average molecular weight is 325 g/mol. The zero-order chi connectivity index (χ0) is 17.2. The second kappa shape index (κ2) is 6.38. The highest BCUT2D eigenvalue weighted by atomic mass is 15.1. The van der Waals surface area contributed by atoms with Crippen LogP contribution in [0.3, 0.4) is 0 Å². The first-order valence-corrected chi connectivity index (χ1v) is 8.29. The maximum Gasteiger partial charge on any atom is 0.126 e. The van der Waals surface area contributed by atoms with E-state index in [9.17, 15) is 0 Å². The van der Waals surface area contributed by atoms with Crippen LogP contribution in [0, 0.1) is 5.41 Å². The van der Waals surface area contributed by atoms with Crippen LogP contribution in [-0.2, 0) is 0 Å². The van der Waals surface area contributed by atoms with E-state index in [0.29, 0.717) is 5.84 Å². The van der Waals surface area contributed by atoms with Crippen LogP contribution in [0.2, 0.25) is 0 Å². The Morgan fingerprint density at radius 1 is 0.720 bits per heavy atom. The summed E-state index contributed by atoms with van der Waals surface area (Å²) in [4.78, 5) is 0. The Balaban J connectivity index is 1.57. The number of hydrogen-bond acceptors (Lipinski definition) is 2. The predicted molar refractivity (Wildman–Crippen MR) is 105 cm³/mol. The SMILES string of the molecule is N=C(NC(N)c1ccc2ccccc2c1)c1ccc2ccccc2c1. The molecule has 4 aromatic carbocycles. The van der Waals surface area contributed by atoms with Crippen LogP contribution in [0.25, 0.3) is 21.5 Å². The zero-order valence-corrected chi connectivity index (χ0v) is 13.7. The minimum absolute atomic E-state index is 0.325. The molecule has 25 heavy (non-hydrogen) atoms. The first kappa shape index (κ1) is 15.4. The molecule has 0 aliphatic heterocycles. The second-order valence-corrected chi connectivity index (χ2v) is 6.17. The minimum Gasteiger partial charge on any atom is -0.351 e. The van der Waals surface area contributed by atoms with E-state index in [1.807, 2.05) is 48.5 Å². The lowest BCUT2D eigenvalue weighted by molar-refractivity contribution is 0.680. The Hall–Kier alpha value is -3.17. The Kier molecular flexibility index (Phi) is 3.92. The van der Waals surface area contributed by atoms with E-state index in [1.165, 1.54) is 5.39 Å². The summed E-state index contributed by atoms with van der Waals surface area (Å²) in [7, 11) is 0. The first-order valence-electron chi connectivity index (χ1n) is 8.29. The molecule has 4 rings (SSSR count). The molecular formula is C22H19N3. The third-order valence-electron chi connectivity index (χ3n) is 4.47. The van der Waals surface area contributed by atoms with Gasteiger partial charge in [-0.05, 0) is 39.2 Å². The van der Waals surface area contributed by atoms with E-state index in [-0.39, 0.29) is 0 Å². The molecule has 0 fully saturated rings. The molecular weight excluding hydrogens is 306 g/mol. The third-order valence-corrected chi connectivity index (χ3v) is 4.47. The fraction of sp³-hybridized carbons (Fsp3) is 0.0455. The number of benzene rings is 4. The van der Waals surface area contributed by atoms with Gasteiger partial charge in [-0.1, -0.05) is 72.8 Å². The molecule has 4 aromatic rings. The van der Waals surface area contributed by atoms with Gasteiger partial charge in [-0.2, -0.15) is 0 Å². The highest BCUT2D eigenvalue weighted by Crippen LogP contribution is 2.19. The van der Waals surface area contributed by atoms with E-state index < -0.39 is 6.17 Å². The van der Waals surface area contributed by atoms with Crippen molar-refractivity contribution in [2.45, 2.75) is 6.17 Å². The van der Waals surface area contributed by atoms with Gasteiger partial charge in [0.15, 0.2) is 0 Å². The van der Waals surface area contributed by atoms with Crippen molar-refractivity contribution in [2.24, 2.45) is 5.73 Å². The smallest absolute Gasteiger partial charge is 0.126 e. The third kappa shape index (κ3) is 3.10. The van der Waals surface area contributed by atoms with Crippen molar-refractivity contribution in [1.82, 2.24) is 5.32 Å². The van der Waals surface area contributed by atoms with Gasteiger partial charge in [0.05, 0.1) is 0 Å². The van der Waals surface area contributed by atoms with Crippen LogP contribution in [-0.4, -0.2) is 5.84 Å². The fourth-order valence-corrected chi connectivity index (χ4v) is 3.07. The highest BCUT2D eigenvalue weighted by Gasteiger charge is 2.10. The summed E-state index contributed by atoms with van der Waals surface area (Å²) in [6.45, 7) is 0. The Morgan fingerprint density at radius 3 is 1.96 bits per heavy atom. The molecule has 1 atom stereocenters. The first-order chi connectivity index (χ1) is 12.2. The molecule has 0 aromatic heterocycles. The van der Waals surface area contributed by atoms with Crippen molar-refractivity contribution in [3.05, 3.63) is 96.1 Å². The summed E-state index contributed by atoms with van der Waals surface area (Å²) < 4.78 is 0. The Bertz CT molecular complexity index is 1070. The molecule has 0 saturated heterocycles. The fourth-order valence-electron chi connectivity index (χ4n) is 3.07. The topological polar surface area (TPSA) is 61.9 Å². The molecule has 4 N–H and O–H groups in total. The number of rotatable bonds is 3. The summed E-state index contributed by atoms with van der Waals surface area (Å²) in [5, 5.41) is 16.1. The molecule has 0 amide bonds. The van der Waals surface area contributed by atoms with Crippen molar-refractivity contribution in [3.8, 4) is 0 Å². The predicted octanol–water partition coefficient (Wildman–Crippen LogP) is 4.57. The maximum atomic E-state index is 8.36. The normalized spacial score (nSPS) is 12.2. The average Bonchev–Trinajstić information content (AvgIpc) is 2.67. The van der Waals surface area contributed by atoms with E-state index in [4.69, 9.17) is 11.1 Å². The van der Waals surface area contributed by atoms with Crippen molar-refractivity contribution < 1.29 is 0 Å². The quantitative estimate of drug-likeness (QED) is 0.294. The largest absolute Gasteiger partial charge is 0.351 e. The van der Waals surface area contributed by atoms with Gasteiger partial charge in [0, 0.05) is 5.56 Å². The van der Waals surface area contributed by atoms with Gasteiger partial charge in [0.1, 0.15) is 12.0 Å². The molecule has 0 saturated carbocycles. The second-order valence-electron chi connectivity index (χ2n) is 6.17. The monoisotopic (exact) mass is 325 g/mol. The summed E-state index contributed by atoms with van der Waals surface area (Å²) in [5.41, 5.74) is 8.08. The summed E-state index contributed by atoms with van der Waals surface area (Å²) in [6, 6.07) is 28.5. The van der Waals surface area contributed by atoms with Gasteiger partial charge in [0.2, 0.25) is 0 Å². The van der Waals surface area contributed by atoms with Gasteiger partial charge >= 0.3 is 0 Å². The van der Waals surface area contributed by atoms with Crippen molar-refractivity contribution in [2.75, 3.05) is 0 Å². The van der Waals surface area contributed by atoms with E-state index in [2.05, 4.69) is 41.7 Å². The van der Waals surface area contributed by atoms with Crippen LogP contribution in [0.15, 0.2) is 84.9 Å². The van der Waals surface area contributed by atoms with Crippen molar-refractivity contribution in [3.63, 3.8) is 0 Å². The lowest BCUT2D eigenvalue weighted by Crippen LogP contribution is -2.34. The number of nitrogens with one attached hydrogen (secondary N) is 2. The van der Waals surface area contributed by atoms with Gasteiger partial charge < -0.3 is 11.1 Å². The van der Waals surface area contributed by atoms with Crippen LogP contribution >= 0.6 is 0 Å². The molecule has 0 aliphatic carbocycles. The van der Waals surface area contributed by atoms with Crippen molar-refractivity contribution >= 4 is 27.4 Å². The summed E-state index contributed by atoms with van der Waals surface area (Å²) >= 11 is 0. The molecule has 3 nitrogen and oxygen atoms in total. The van der Waals surface area contributed by atoms with Gasteiger partial charge in [0.25, 0.3) is 0 Å². The lowest BCUT2D eigenvalue weighted by Gasteiger charge is -2.17. The van der Waals surface area contributed by atoms with E-state index in [1.54, 1.807) is 0 Å². The zero-order valence-electron chi connectivity index (χ0n) is 13.7. The van der Waals surface area contributed by atoms with Gasteiger partial charge in [-0.25, -0.2) is 0 Å². The molecule has 0 bridgehead atoms. The molecule has 0 spiro atoms. The van der Waals surface area contributed by atoms with Crippen LogP contribution in [0.4, 0.5) is 0 Å². The van der Waals surface area contributed by atoms with Crippen molar-refractivity contribution in [1.29, 1.82) is 5.41 Å². The molecule has 3 heteroatoms. The van der Waals surface area contributed by atoms with Gasteiger partial charge in [-0.3, -0.25) is 5.41 Å². The van der Waals surface area contributed by atoms with E-state index in [0.717, 1.165) is 27.3 Å². The maximum absolute atomic E-state index is 8.36.